The Labute approximate surface area is 155 Å². The van der Waals surface area contributed by atoms with E-state index in [1.165, 1.54) is 53.3 Å². The average molecular weight is 387 g/mol. The molecule has 0 radical (unpaired) electrons. The van der Waals surface area contributed by atoms with E-state index in [0.29, 0.717) is 11.3 Å². The smallest absolute Gasteiger partial charge is 0.282 e. The Morgan fingerprint density at radius 2 is 1.93 bits per heavy atom. The topological polar surface area (TPSA) is 73.8 Å². The molecule has 2 aromatic heterocycles. The Hall–Kier alpha value is -3.39. The van der Waals surface area contributed by atoms with E-state index in [0.717, 1.165) is 0 Å². The Balaban J connectivity index is 1.76. The summed E-state index contributed by atoms with van der Waals surface area (Å²) < 4.78 is 33.2. The van der Waals surface area contributed by atoms with Crippen molar-refractivity contribution in [3.05, 3.63) is 81.6 Å². The van der Waals surface area contributed by atoms with E-state index in [2.05, 4.69) is 15.2 Å². The van der Waals surface area contributed by atoms with E-state index in [1.54, 1.807) is 6.07 Å². The summed E-state index contributed by atoms with van der Waals surface area (Å²) in [5, 5.41) is 7.83. The SMILES string of the molecule is O=c1ccn(-c2cccc(F)c2)nc1-c1nc(-c2ccc(F)c(Cl)c2)no1. The molecule has 0 fully saturated rings. The van der Waals surface area contributed by atoms with Crippen LogP contribution in [-0.2, 0) is 0 Å². The summed E-state index contributed by atoms with van der Waals surface area (Å²) in [6.45, 7) is 0. The zero-order chi connectivity index (χ0) is 19.0. The van der Waals surface area contributed by atoms with Crippen molar-refractivity contribution in [2.24, 2.45) is 0 Å². The van der Waals surface area contributed by atoms with Crippen LogP contribution in [0, 0.1) is 11.6 Å². The minimum Gasteiger partial charge on any atom is -0.332 e. The summed E-state index contributed by atoms with van der Waals surface area (Å²) >= 11 is 5.76. The maximum absolute atomic E-state index is 13.4. The maximum Gasteiger partial charge on any atom is 0.282 e. The lowest BCUT2D eigenvalue weighted by atomic mass is 10.2. The molecular weight excluding hydrogens is 378 g/mol. The first-order valence-corrected chi connectivity index (χ1v) is 8.04. The van der Waals surface area contributed by atoms with E-state index >= 15 is 0 Å². The van der Waals surface area contributed by atoms with Crippen LogP contribution < -0.4 is 5.43 Å². The molecule has 0 unspecified atom stereocenters. The second kappa shape index (κ2) is 6.73. The van der Waals surface area contributed by atoms with Crippen LogP contribution in [0.1, 0.15) is 0 Å². The third-order valence-corrected chi connectivity index (χ3v) is 3.98. The largest absolute Gasteiger partial charge is 0.332 e. The first-order valence-electron chi connectivity index (χ1n) is 7.67. The van der Waals surface area contributed by atoms with E-state index in [4.69, 9.17) is 16.1 Å². The molecule has 4 aromatic rings. The van der Waals surface area contributed by atoms with Crippen molar-refractivity contribution in [3.63, 3.8) is 0 Å². The molecule has 2 heterocycles. The summed E-state index contributed by atoms with van der Waals surface area (Å²) in [5.74, 6) is -1.02. The van der Waals surface area contributed by atoms with Gasteiger partial charge in [0.05, 0.1) is 10.7 Å². The number of rotatable bonds is 3. The van der Waals surface area contributed by atoms with Crippen LogP contribution in [0.5, 0.6) is 0 Å². The van der Waals surface area contributed by atoms with Gasteiger partial charge in [-0.05, 0) is 36.4 Å². The zero-order valence-corrected chi connectivity index (χ0v) is 14.2. The van der Waals surface area contributed by atoms with Gasteiger partial charge in [0.1, 0.15) is 11.6 Å². The third-order valence-electron chi connectivity index (χ3n) is 3.69. The number of benzene rings is 2. The van der Waals surface area contributed by atoms with Crippen molar-refractivity contribution >= 4 is 11.6 Å². The van der Waals surface area contributed by atoms with Crippen LogP contribution in [-0.4, -0.2) is 19.9 Å². The Morgan fingerprint density at radius 3 is 2.70 bits per heavy atom. The van der Waals surface area contributed by atoms with Crippen molar-refractivity contribution < 1.29 is 13.3 Å². The van der Waals surface area contributed by atoms with E-state index in [1.807, 2.05) is 0 Å². The van der Waals surface area contributed by atoms with Crippen molar-refractivity contribution in [1.82, 2.24) is 19.9 Å². The van der Waals surface area contributed by atoms with E-state index in [9.17, 15) is 13.6 Å². The second-order valence-electron chi connectivity index (χ2n) is 5.51. The summed E-state index contributed by atoms with van der Waals surface area (Å²) in [5.41, 5.74) is 0.280. The molecule has 0 aliphatic rings. The van der Waals surface area contributed by atoms with E-state index in [-0.39, 0.29) is 22.4 Å². The number of halogens is 3. The van der Waals surface area contributed by atoms with Crippen molar-refractivity contribution in [1.29, 1.82) is 0 Å². The molecule has 0 saturated heterocycles. The highest BCUT2D eigenvalue weighted by Gasteiger charge is 2.17. The van der Waals surface area contributed by atoms with Gasteiger partial charge in [0.15, 0.2) is 5.69 Å². The summed E-state index contributed by atoms with van der Waals surface area (Å²) in [6, 6.07) is 10.9. The number of aromatic nitrogens is 4. The molecule has 0 aliphatic heterocycles. The minimum atomic E-state index is -0.577. The van der Waals surface area contributed by atoms with Gasteiger partial charge in [0, 0.05) is 17.8 Å². The number of nitrogens with zero attached hydrogens (tertiary/aromatic N) is 4. The van der Waals surface area contributed by atoms with Crippen molar-refractivity contribution in [2.45, 2.75) is 0 Å². The Kier molecular flexibility index (Phi) is 4.25. The number of hydrogen-bond acceptors (Lipinski definition) is 5. The molecule has 0 atom stereocenters. The van der Waals surface area contributed by atoms with E-state index < -0.39 is 17.1 Å². The first-order chi connectivity index (χ1) is 13.0. The van der Waals surface area contributed by atoms with Gasteiger partial charge in [-0.3, -0.25) is 4.79 Å². The molecule has 134 valence electrons. The molecule has 0 saturated carbocycles. The first kappa shape index (κ1) is 17.0. The predicted octanol–water partition coefficient (Wildman–Crippen LogP) is 3.88. The highest BCUT2D eigenvalue weighted by Crippen LogP contribution is 2.24. The summed E-state index contributed by atoms with van der Waals surface area (Å²) in [4.78, 5) is 16.3. The van der Waals surface area contributed by atoms with Gasteiger partial charge in [-0.25, -0.2) is 13.5 Å². The van der Waals surface area contributed by atoms with Crippen LogP contribution in [0.2, 0.25) is 5.02 Å². The van der Waals surface area contributed by atoms with Crippen LogP contribution in [0.15, 0.2) is 64.0 Å². The average Bonchev–Trinajstić information content (AvgIpc) is 3.14. The van der Waals surface area contributed by atoms with Gasteiger partial charge in [-0.1, -0.05) is 22.8 Å². The van der Waals surface area contributed by atoms with Gasteiger partial charge in [0.2, 0.25) is 11.3 Å². The molecule has 0 bridgehead atoms. The molecule has 27 heavy (non-hydrogen) atoms. The third kappa shape index (κ3) is 3.34. The zero-order valence-electron chi connectivity index (χ0n) is 13.4. The van der Waals surface area contributed by atoms with Gasteiger partial charge in [-0.15, -0.1) is 0 Å². The lowest BCUT2D eigenvalue weighted by molar-refractivity contribution is 0.429. The summed E-state index contributed by atoms with van der Waals surface area (Å²) in [7, 11) is 0. The van der Waals surface area contributed by atoms with Crippen molar-refractivity contribution in [2.75, 3.05) is 0 Å². The van der Waals surface area contributed by atoms with Gasteiger partial charge in [-0.2, -0.15) is 10.1 Å². The summed E-state index contributed by atoms with van der Waals surface area (Å²) in [6.07, 6.45) is 1.40. The maximum atomic E-state index is 13.4. The predicted molar refractivity (Wildman–Crippen MR) is 93.5 cm³/mol. The van der Waals surface area contributed by atoms with Crippen LogP contribution in [0.25, 0.3) is 28.7 Å². The minimum absolute atomic E-state index is 0.0925. The fourth-order valence-electron chi connectivity index (χ4n) is 2.39. The molecule has 0 aliphatic carbocycles. The van der Waals surface area contributed by atoms with Crippen LogP contribution in [0.3, 0.4) is 0 Å². The molecule has 6 nitrogen and oxygen atoms in total. The molecule has 0 N–H and O–H groups in total. The molecule has 0 amide bonds. The van der Waals surface area contributed by atoms with Crippen LogP contribution >= 0.6 is 11.6 Å². The highest BCUT2D eigenvalue weighted by atomic mass is 35.5. The molecule has 4 rings (SSSR count). The Bertz CT molecular complexity index is 1210. The fourth-order valence-corrected chi connectivity index (χ4v) is 2.57. The molecule has 0 spiro atoms. The molecule has 9 heteroatoms. The molecular formula is C18H9ClF2N4O2. The quantitative estimate of drug-likeness (QED) is 0.534. The van der Waals surface area contributed by atoms with Gasteiger partial charge in [0.25, 0.3) is 5.89 Å². The lowest BCUT2D eigenvalue weighted by Crippen LogP contribution is -2.12. The van der Waals surface area contributed by atoms with Gasteiger partial charge >= 0.3 is 0 Å². The fraction of sp³-hybridized carbons (Fsp3) is 0. The Morgan fingerprint density at radius 1 is 1.07 bits per heavy atom. The number of hydrogen-bond donors (Lipinski definition) is 0. The van der Waals surface area contributed by atoms with Gasteiger partial charge < -0.3 is 4.52 Å². The molecule has 2 aromatic carbocycles. The normalized spacial score (nSPS) is 10.9. The second-order valence-corrected chi connectivity index (χ2v) is 5.91. The lowest BCUT2D eigenvalue weighted by Gasteiger charge is -2.05. The highest BCUT2D eigenvalue weighted by molar-refractivity contribution is 6.31. The van der Waals surface area contributed by atoms with Crippen LogP contribution in [0.4, 0.5) is 8.78 Å². The monoisotopic (exact) mass is 386 g/mol. The van der Waals surface area contributed by atoms with Crippen molar-refractivity contribution in [3.8, 4) is 28.7 Å². The standard InChI is InChI=1S/C18H9ClF2N4O2/c19-13-8-10(4-5-14(13)21)17-22-18(27-24-17)16-15(26)6-7-25(23-16)12-3-1-2-11(20)9-12/h1-9H.